The Morgan fingerprint density at radius 3 is 2.82 bits per heavy atom. The first-order chi connectivity index (χ1) is 8.16. The third-order valence-corrected chi connectivity index (χ3v) is 3.70. The lowest BCUT2D eigenvalue weighted by molar-refractivity contribution is 0.551. The van der Waals surface area contributed by atoms with Crippen LogP contribution in [0.3, 0.4) is 0 Å². The van der Waals surface area contributed by atoms with Gasteiger partial charge in [0.15, 0.2) is 0 Å². The minimum atomic E-state index is 0.471. The fourth-order valence-corrected chi connectivity index (χ4v) is 2.69. The van der Waals surface area contributed by atoms with Gasteiger partial charge < -0.3 is 9.88 Å². The number of thiophene rings is 1. The van der Waals surface area contributed by atoms with Crippen LogP contribution in [0.5, 0.6) is 0 Å². The van der Waals surface area contributed by atoms with E-state index in [4.69, 9.17) is 0 Å². The van der Waals surface area contributed by atoms with E-state index in [9.17, 15) is 0 Å². The Bertz CT molecular complexity index is 470. The summed E-state index contributed by atoms with van der Waals surface area (Å²) >= 11 is 1.85. The molecule has 0 aliphatic heterocycles. The number of aryl methyl sites for hydroxylation is 1. The summed E-state index contributed by atoms with van der Waals surface area (Å²) in [6.07, 6.45) is 3.84. The van der Waals surface area contributed by atoms with Gasteiger partial charge in [0, 0.05) is 35.1 Å². The van der Waals surface area contributed by atoms with E-state index >= 15 is 0 Å². The van der Waals surface area contributed by atoms with Crippen LogP contribution in [-0.4, -0.2) is 9.55 Å². The van der Waals surface area contributed by atoms with Crippen molar-refractivity contribution in [2.45, 2.75) is 39.9 Å². The number of nitrogens with zero attached hydrogens (tertiary/aromatic N) is 2. The zero-order valence-corrected chi connectivity index (χ0v) is 11.4. The summed E-state index contributed by atoms with van der Waals surface area (Å²) in [5, 5.41) is 3.46. The van der Waals surface area contributed by atoms with E-state index < -0.39 is 0 Å². The van der Waals surface area contributed by atoms with Crippen LogP contribution in [0.1, 0.15) is 35.3 Å². The van der Waals surface area contributed by atoms with Gasteiger partial charge in [-0.05, 0) is 32.9 Å². The summed E-state index contributed by atoms with van der Waals surface area (Å²) in [5.41, 5.74) is 1.24. The summed E-state index contributed by atoms with van der Waals surface area (Å²) in [4.78, 5) is 6.96. The van der Waals surface area contributed by atoms with Crippen LogP contribution in [0.25, 0.3) is 0 Å². The number of hydrogen-bond acceptors (Lipinski definition) is 3. The molecule has 0 spiro atoms. The highest BCUT2D eigenvalue weighted by atomic mass is 32.1. The molecule has 0 aliphatic rings. The second-order valence-corrected chi connectivity index (χ2v) is 5.87. The van der Waals surface area contributed by atoms with Crippen molar-refractivity contribution in [3.63, 3.8) is 0 Å². The van der Waals surface area contributed by atoms with Crippen molar-refractivity contribution in [3.05, 3.63) is 40.1 Å². The fourth-order valence-electron chi connectivity index (χ4n) is 1.83. The standard InChI is InChI=1S/C13H19N3S/c1-10(2)16-9-15-7-12(16)6-14-8-13-5-4-11(3)17-13/h4-5,7,9-10,14H,6,8H2,1-3H3. The summed E-state index contributed by atoms with van der Waals surface area (Å²) in [6, 6.07) is 4.82. The van der Waals surface area contributed by atoms with Gasteiger partial charge in [-0.25, -0.2) is 4.98 Å². The third kappa shape index (κ3) is 3.17. The van der Waals surface area contributed by atoms with Crippen molar-refractivity contribution in [1.29, 1.82) is 0 Å². The monoisotopic (exact) mass is 249 g/mol. The maximum absolute atomic E-state index is 4.20. The van der Waals surface area contributed by atoms with Gasteiger partial charge in [-0.3, -0.25) is 0 Å². The molecule has 1 N–H and O–H groups in total. The second-order valence-electron chi connectivity index (χ2n) is 4.50. The molecule has 0 saturated heterocycles. The van der Waals surface area contributed by atoms with E-state index in [1.807, 2.05) is 23.9 Å². The predicted octanol–water partition coefficient (Wildman–Crippen LogP) is 3.12. The Hall–Kier alpha value is -1.13. The number of hydrogen-bond donors (Lipinski definition) is 1. The van der Waals surface area contributed by atoms with Gasteiger partial charge in [0.1, 0.15) is 0 Å². The van der Waals surface area contributed by atoms with Crippen molar-refractivity contribution in [2.75, 3.05) is 0 Å². The van der Waals surface area contributed by atoms with Gasteiger partial charge in [-0.15, -0.1) is 11.3 Å². The second kappa shape index (κ2) is 5.47. The Kier molecular flexibility index (Phi) is 3.97. The number of nitrogens with one attached hydrogen (secondary N) is 1. The molecule has 92 valence electrons. The molecule has 0 aliphatic carbocycles. The minimum Gasteiger partial charge on any atom is -0.331 e. The Labute approximate surface area is 107 Å². The molecule has 0 amide bonds. The highest BCUT2D eigenvalue weighted by Crippen LogP contribution is 2.15. The smallest absolute Gasteiger partial charge is 0.0951 e. The van der Waals surface area contributed by atoms with Gasteiger partial charge >= 0.3 is 0 Å². The molecule has 0 aromatic carbocycles. The van der Waals surface area contributed by atoms with Crippen molar-refractivity contribution >= 4 is 11.3 Å². The van der Waals surface area contributed by atoms with Crippen molar-refractivity contribution in [1.82, 2.24) is 14.9 Å². The van der Waals surface area contributed by atoms with Crippen LogP contribution in [0.2, 0.25) is 0 Å². The predicted molar refractivity (Wildman–Crippen MR) is 72.2 cm³/mol. The lowest BCUT2D eigenvalue weighted by atomic mass is 10.3. The Morgan fingerprint density at radius 2 is 2.18 bits per heavy atom. The summed E-state index contributed by atoms with van der Waals surface area (Å²) in [6.45, 7) is 8.29. The van der Waals surface area contributed by atoms with Crippen LogP contribution >= 0.6 is 11.3 Å². The normalized spacial score (nSPS) is 11.3. The van der Waals surface area contributed by atoms with E-state index in [2.05, 4.69) is 47.8 Å². The summed E-state index contributed by atoms with van der Waals surface area (Å²) in [7, 11) is 0. The lowest BCUT2D eigenvalue weighted by Gasteiger charge is -2.11. The molecule has 17 heavy (non-hydrogen) atoms. The van der Waals surface area contributed by atoms with Gasteiger partial charge in [-0.1, -0.05) is 0 Å². The zero-order valence-electron chi connectivity index (χ0n) is 10.6. The van der Waals surface area contributed by atoms with E-state index in [0.29, 0.717) is 6.04 Å². The maximum Gasteiger partial charge on any atom is 0.0951 e. The highest BCUT2D eigenvalue weighted by Gasteiger charge is 2.04. The van der Waals surface area contributed by atoms with Crippen LogP contribution in [0, 0.1) is 6.92 Å². The van der Waals surface area contributed by atoms with Crippen molar-refractivity contribution < 1.29 is 0 Å². The lowest BCUT2D eigenvalue weighted by Crippen LogP contribution is -2.15. The van der Waals surface area contributed by atoms with Gasteiger partial charge in [0.05, 0.1) is 12.0 Å². The molecule has 2 aromatic rings. The molecule has 4 heteroatoms. The number of imidazole rings is 1. The molecule has 0 saturated carbocycles. The van der Waals surface area contributed by atoms with Crippen molar-refractivity contribution in [3.8, 4) is 0 Å². The largest absolute Gasteiger partial charge is 0.331 e. The minimum absolute atomic E-state index is 0.471. The summed E-state index contributed by atoms with van der Waals surface area (Å²) in [5.74, 6) is 0. The number of aromatic nitrogens is 2. The molecular weight excluding hydrogens is 230 g/mol. The molecule has 2 rings (SSSR count). The molecule has 0 bridgehead atoms. The first kappa shape index (κ1) is 12.3. The molecule has 3 nitrogen and oxygen atoms in total. The average molecular weight is 249 g/mol. The fraction of sp³-hybridized carbons (Fsp3) is 0.462. The topological polar surface area (TPSA) is 29.9 Å². The van der Waals surface area contributed by atoms with E-state index in [1.165, 1.54) is 15.4 Å². The van der Waals surface area contributed by atoms with Crippen LogP contribution in [0.15, 0.2) is 24.7 Å². The zero-order chi connectivity index (χ0) is 12.3. The van der Waals surface area contributed by atoms with Crippen LogP contribution in [-0.2, 0) is 13.1 Å². The molecule has 0 atom stereocenters. The molecule has 2 aromatic heterocycles. The Balaban J connectivity index is 1.88. The van der Waals surface area contributed by atoms with E-state index in [1.54, 1.807) is 0 Å². The van der Waals surface area contributed by atoms with Crippen molar-refractivity contribution in [2.24, 2.45) is 0 Å². The van der Waals surface area contributed by atoms with Gasteiger partial charge in [-0.2, -0.15) is 0 Å². The average Bonchev–Trinajstić information content (AvgIpc) is 2.87. The SMILES string of the molecule is Cc1ccc(CNCc2cncn2C(C)C)s1. The molecule has 0 radical (unpaired) electrons. The van der Waals surface area contributed by atoms with E-state index in [-0.39, 0.29) is 0 Å². The highest BCUT2D eigenvalue weighted by molar-refractivity contribution is 7.11. The maximum atomic E-state index is 4.20. The third-order valence-electron chi connectivity index (χ3n) is 2.70. The first-order valence-electron chi connectivity index (χ1n) is 5.93. The molecule has 2 heterocycles. The number of rotatable bonds is 5. The first-order valence-corrected chi connectivity index (χ1v) is 6.75. The van der Waals surface area contributed by atoms with E-state index in [0.717, 1.165) is 13.1 Å². The Morgan fingerprint density at radius 1 is 1.35 bits per heavy atom. The molecule has 0 unspecified atom stereocenters. The van der Waals surface area contributed by atoms with Crippen LogP contribution in [0.4, 0.5) is 0 Å². The molecular formula is C13H19N3S. The van der Waals surface area contributed by atoms with Gasteiger partial charge in [0.2, 0.25) is 0 Å². The molecule has 0 fully saturated rings. The quantitative estimate of drug-likeness (QED) is 0.882. The van der Waals surface area contributed by atoms with Crippen LogP contribution < -0.4 is 5.32 Å². The summed E-state index contributed by atoms with van der Waals surface area (Å²) < 4.78 is 2.20. The van der Waals surface area contributed by atoms with Gasteiger partial charge in [0.25, 0.3) is 0 Å².